The third-order valence-corrected chi connectivity index (χ3v) is 5.36. The zero-order chi connectivity index (χ0) is 19.9. The van der Waals surface area contributed by atoms with Crippen molar-refractivity contribution < 1.29 is 14.3 Å². The number of esters is 1. The Morgan fingerprint density at radius 3 is 2.25 bits per heavy atom. The molecule has 0 bridgehead atoms. The molecule has 1 saturated heterocycles. The van der Waals surface area contributed by atoms with Gasteiger partial charge in [-0.15, -0.1) is 0 Å². The summed E-state index contributed by atoms with van der Waals surface area (Å²) >= 11 is 5.97. The average Bonchev–Trinajstić information content (AvgIpc) is 2.74. The van der Waals surface area contributed by atoms with Gasteiger partial charge in [0.25, 0.3) is 0 Å². The van der Waals surface area contributed by atoms with E-state index in [2.05, 4.69) is 4.90 Å². The van der Waals surface area contributed by atoms with E-state index in [9.17, 15) is 9.59 Å². The van der Waals surface area contributed by atoms with Gasteiger partial charge in [0.15, 0.2) is 0 Å². The first-order valence-electron chi connectivity index (χ1n) is 9.47. The van der Waals surface area contributed by atoms with E-state index in [1.165, 1.54) is 12.7 Å². The van der Waals surface area contributed by atoms with Crippen molar-refractivity contribution in [2.45, 2.75) is 18.9 Å². The van der Waals surface area contributed by atoms with Crippen LogP contribution in [0.4, 0.5) is 0 Å². The Morgan fingerprint density at radius 2 is 1.64 bits per heavy atom. The third-order valence-electron chi connectivity index (χ3n) is 5.11. The molecule has 0 saturated carbocycles. The first-order chi connectivity index (χ1) is 13.6. The maximum absolute atomic E-state index is 12.5. The van der Waals surface area contributed by atoms with Crippen molar-refractivity contribution in [2.24, 2.45) is 0 Å². The topological polar surface area (TPSA) is 49.9 Å². The maximum atomic E-state index is 12.5. The van der Waals surface area contributed by atoms with Crippen LogP contribution >= 0.6 is 11.6 Å². The van der Waals surface area contributed by atoms with Gasteiger partial charge in [-0.3, -0.25) is 9.69 Å². The van der Waals surface area contributed by atoms with E-state index in [-0.39, 0.29) is 11.9 Å². The van der Waals surface area contributed by atoms with Gasteiger partial charge in [-0.25, -0.2) is 4.79 Å². The van der Waals surface area contributed by atoms with Crippen molar-refractivity contribution in [3.05, 3.63) is 70.7 Å². The molecule has 1 aliphatic rings. The van der Waals surface area contributed by atoms with E-state index in [0.717, 1.165) is 12.0 Å². The minimum Gasteiger partial charge on any atom is -0.468 e. The van der Waals surface area contributed by atoms with Crippen LogP contribution in [0.15, 0.2) is 54.6 Å². The molecular formula is C22H25ClN2O3. The summed E-state index contributed by atoms with van der Waals surface area (Å²) in [5.41, 5.74) is 2.02. The minimum absolute atomic E-state index is 0.157. The Morgan fingerprint density at radius 1 is 1.00 bits per heavy atom. The van der Waals surface area contributed by atoms with Gasteiger partial charge in [0.2, 0.25) is 5.91 Å². The predicted molar refractivity (Wildman–Crippen MR) is 109 cm³/mol. The highest BCUT2D eigenvalue weighted by Gasteiger charge is 2.32. The fourth-order valence-electron chi connectivity index (χ4n) is 3.54. The van der Waals surface area contributed by atoms with E-state index >= 15 is 0 Å². The van der Waals surface area contributed by atoms with Crippen LogP contribution in [0, 0.1) is 0 Å². The van der Waals surface area contributed by atoms with Crippen LogP contribution in [0.3, 0.4) is 0 Å². The lowest BCUT2D eigenvalue weighted by molar-refractivity contribution is -0.148. The number of ether oxygens (including phenoxy) is 1. The number of halogens is 1. The van der Waals surface area contributed by atoms with Gasteiger partial charge in [-0.2, -0.15) is 0 Å². The number of piperazine rings is 1. The summed E-state index contributed by atoms with van der Waals surface area (Å²) in [6.07, 6.45) is 1.25. The number of hydrogen-bond acceptors (Lipinski definition) is 4. The molecule has 1 atom stereocenters. The highest BCUT2D eigenvalue weighted by atomic mass is 35.5. The Labute approximate surface area is 170 Å². The van der Waals surface area contributed by atoms with E-state index in [4.69, 9.17) is 16.3 Å². The van der Waals surface area contributed by atoms with Crippen molar-refractivity contribution in [3.8, 4) is 0 Å². The predicted octanol–water partition coefficient (Wildman–Crippen LogP) is 3.33. The fourth-order valence-corrected chi connectivity index (χ4v) is 3.66. The van der Waals surface area contributed by atoms with Crippen molar-refractivity contribution in [1.82, 2.24) is 9.80 Å². The Kier molecular flexibility index (Phi) is 7.06. The number of aryl methyl sites for hydroxylation is 1. The molecule has 148 valence electrons. The molecule has 0 radical (unpaired) electrons. The second-order valence-corrected chi connectivity index (χ2v) is 7.32. The molecule has 0 spiro atoms. The van der Waals surface area contributed by atoms with Gasteiger partial charge in [0, 0.05) is 37.6 Å². The lowest BCUT2D eigenvalue weighted by atomic mass is 10.0. The second kappa shape index (κ2) is 9.71. The SMILES string of the molecule is COC(=O)C(c1ccc(Cl)cc1)N1CCN(C(=O)CCc2ccccc2)CC1. The quantitative estimate of drug-likeness (QED) is 0.698. The van der Waals surface area contributed by atoms with E-state index in [0.29, 0.717) is 37.6 Å². The van der Waals surface area contributed by atoms with Gasteiger partial charge < -0.3 is 9.64 Å². The van der Waals surface area contributed by atoms with Crippen molar-refractivity contribution in [2.75, 3.05) is 33.3 Å². The smallest absolute Gasteiger partial charge is 0.327 e. The summed E-state index contributed by atoms with van der Waals surface area (Å²) in [6, 6.07) is 16.8. The summed E-state index contributed by atoms with van der Waals surface area (Å²) < 4.78 is 5.02. The number of methoxy groups -OCH3 is 1. The summed E-state index contributed by atoms with van der Waals surface area (Å²) in [4.78, 5) is 28.9. The molecule has 0 N–H and O–H groups in total. The van der Waals surface area contributed by atoms with E-state index in [1.54, 1.807) is 12.1 Å². The van der Waals surface area contributed by atoms with Crippen LogP contribution in [0.2, 0.25) is 5.02 Å². The molecule has 6 heteroatoms. The number of rotatable bonds is 6. The number of benzene rings is 2. The normalized spacial score (nSPS) is 15.9. The number of nitrogens with zero attached hydrogens (tertiary/aromatic N) is 2. The molecule has 1 amide bonds. The Bertz CT molecular complexity index is 787. The zero-order valence-electron chi connectivity index (χ0n) is 16.0. The largest absolute Gasteiger partial charge is 0.468 e. The third kappa shape index (κ3) is 5.12. The summed E-state index contributed by atoms with van der Waals surface area (Å²) in [6.45, 7) is 2.46. The molecule has 1 fully saturated rings. The van der Waals surface area contributed by atoms with Gasteiger partial charge in [-0.1, -0.05) is 54.1 Å². The van der Waals surface area contributed by atoms with Crippen molar-refractivity contribution in [1.29, 1.82) is 0 Å². The molecule has 1 heterocycles. The van der Waals surface area contributed by atoms with Gasteiger partial charge in [-0.05, 0) is 29.7 Å². The molecule has 0 aliphatic carbocycles. The zero-order valence-corrected chi connectivity index (χ0v) is 16.8. The number of carbonyl (C=O) groups excluding carboxylic acids is 2. The van der Waals surface area contributed by atoms with Gasteiger partial charge >= 0.3 is 5.97 Å². The van der Waals surface area contributed by atoms with E-state index < -0.39 is 6.04 Å². The second-order valence-electron chi connectivity index (χ2n) is 6.88. The molecule has 1 unspecified atom stereocenters. The number of carbonyl (C=O) groups is 2. The Hall–Kier alpha value is -2.37. The van der Waals surface area contributed by atoms with Crippen LogP contribution in [0.5, 0.6) is 0 Å². The highest BCUT2D eigenvalue weighted by Crippen LogP contribution is 2.25. The molecule has 2 aromatic rings. The average molecular weight is 401 g/mol. The monoisotopic (exact) mass is 400 g/mol. The van der Waals surface area contributed by atoms with Crippen molar-refractivity contribution in [3.63, 3.8) is 0 Å². The lowest BCUT2D eigenvalue weighted by Crippen LogP contribution is -2.51. The van der Waals surface area contributed by atoms with Gasteiger partial charge in [0.05, 0.1) is 7.11 Å². The molecule has 1 aliphatic heterocycles. The number of amides is 1. The van der Waals surface area contributed by atoms with Crippen molar-refractivity contribution >= 4 is 23.5 Å². The van der Waals surface area contributed by atoms with E-state index in [1.807, 2.05) is 47.4 Å². The minimum atomic E-state index is -0.483. The molecule has 3 rings (SSSR count). The summed E-state index contributed by atoms with van der Waals surface area (Å²) in [5.74, 6) is -0.143. The fraction of sp³-hybridized carbons (Fsp3) is 0.364. The van der Waals surface area contributed by atoms with Crippen LogP contribution in [0.1, 0.15) is 23.6 Å². The standard InChI is InChI=1S/C22H25ClN2O3/c1-28-22(27)21(18-8-10-19(23)11-9-18)25-15-13-24(14-16-25)20(26)12-7-17-5-3-2-4-6-17/h2-6,8-11,21H,7,12-16H2,1H3. The molecule has 2 aromatic carbocycles. The maximum Gasteiger partial charge on any atom is 0.327 e. The molecular weight excluding hydrogens is 376 g/mol. The van der Waals surface area contributed by atoms with Crippen LogP contribution in [-0.2, 0) is 20.7 Å². The van der Waals surface area contributed by atoms with Crippen LogP contribution in [-0.4, -0.2) is 55.0 Å². The van der Waals surface area contributed by atoms with Crippen LogP contribution in [0.25, 0.3) is 0 Å². The molecule has 5 nitrogen and oxygen atoms in total. The lowest BCUT2D eigenvalue weighted by Gasteiger charge is -2.38. The highest BCUT2D eigenvalue weighted by molar-refractivity contribution is 6.30. The van der Waals surface area contributed by atoms with Crippen LogP contribution < -0.4 is 0 Å². The number of hydrogen-bond donors (Lipinski definition) is 0. The molecule has 0 aromatic heterocycles. The summed E-state index contributed by atoms with van der Waals surface area (Å²) in [5, 5.41) is 0.626. The first-order valence-corrected chi connectivity index (χ1v) is 9.85. The molecule has 28 heavy (non-hydrogen) atoms. The van der Waals surface area contributed by atoms with Gasteiger partial charge in [0.1, 0.15) is 6.04 Å². The Balaban J connectivity index is 1.58. The summed E-state index contributed by atoms with van der Waals surface area (Å²) in [7, 11) is 1.40. The first kappa shape index (κ1) is 20.4.